The van der Waals surface area contributed by atoms with Gasteiger partial charge in [0.1, 0.15) is 17.5 Å². The van der Waals surface area contributed by atoms with E-state index in [2.05, 4.69) is 15.3 Å². The molecule has 0 radical (unpaired) electrons. The molecule has 1 unspecified atom stereocenters. The molecule has 1 aliphatic heterocycles. The monoisotopic (exact) mass is 413 g/mol. The highest BCUT2D eigenvalue weighted by molar-refractivity contribution is 7.98. The minimum absolute atomic E-state index is 0.0925. The van der Waals surface area contributed by atoms with Crippen molar-refractivity contribution in [1.29, 1.82) is 0 Å². The standard InChI is InChI=1S/C21H17F2N3O2S/c1-11-2-4-12(5-3-11)10-29-21-25-19-18(20(28)26-21)15(9-17(27)24-19)14-7-6-13(22)8-16(14)23/h2-8,15H,9-10H2,1H3,(H2,24,25,26,27,28). The van der Waals surface area contributed by atoms with Gasteiger partial charge in [0.15, 0.2) is 5.16 Å². The summed E-state index contributed by atoms with van der Waals surface area (Å²) in [6.07, 6.45) is -0.115. The largest absolute Gasteiger partial charge is 0.310 e. The van der Waals surface area contributed by atoms with Gasteiger partial charge in [0.05, 0.1) is 5.56 Å². The zero-order valence-electron chi connectivity index (χ0n) is 15.5. The normalized spacial score (nSPS) is 15.7. The Kier molecular flexibility index (Phi) is 5.19. The van der Waals surface area contributed by atoms with Crippen molar-refractivity contribution in [2.45, 2.75) is 30.2 Å². The van der Waals surface area contributed by atoms with Crippen LogP contribution in [0.5, 0.6) is 0 Å². The number of nitrogens with one attached hydrogen (secondary N) is 2. The number of H-pyrrole nitrogens is 1. The average molecular weight is 413 g/mol. The van der Waals surface area contributed by atoms with E-state index in [-0.39, 0.29) is 29.3 Å². The number of rotatable bonds is 4. The fourth-order valence-corrected chi connectivity index (χ4v) is 4.12. The van der Waals surface area contributed by atoms with Crippen molar-refractivity contribution < 1.29 is 13.6 Å². The number of carbonyl (C=O) groups excluding carboxylic acids is 1. The van der Waals surface area contributed by atoms with Crippen molar-refractivity contribution in [2.24, 2.45) is 0 Å². The Morgan fingerprint density at radius 2 is 1.90 bits per heavy atom. The number of anilines is 1. The lowest BCUT2D eigenvalue weighted by Gasteiger charge is -2.24. The number of aryl methyl sites for hydroxylation is 1. The van der Waals surface area contributed by atoms with Crippen LogP contribution in [0.15, 0.2) is 52.4 Å². The van der Waals surface area contributed by atoms with Crippen LogP contribution in [-0.4, -0.2) is 15.9 Å². The molecule has 0 bridgehead atoms. The molecule has 0 aliphatic carbocycles. The first-order chi connectivity index (χ1) is 13.9. The van der Waals surface area contributed by atoms with E-state index in [1.165, 1.54) is 17.8 Å². The van der Waals surface area contributed by atoms with Crippen LogP contribution in [0.25, 0.3) is 0 Å². The van der Waals surface area contributed by atoms with E-state index in [1.807, 2.05) is 31.2 Å². The van der Waals surface area contributed by atoms with Crippen molar-refractivity contribution in [3.05, 3.63) is 86.7 Å². The summed E-state index contributed by atoms with van der Waals surface area (Å²) in [5.41, 5.74) is 2.04. The molecule has 148 valence electrons. The van der Waals surface area contributed by atoms with Crippen molar-refractivity contribution in [2.75, 3.05) is 5.32 Å². The Hall–Kier alpha value is -3.00. The highest BCUT2D eigenvalue weighted by Gasteiger charge is 2.32. The summed E-state index contributed by atoms with van der Waals surface area (Å²) in [5, 5.41) is 2.95. The first-order valence-electron chi connectivity index (χ1n) is 8.98. The van der Waals surface area contributed by atoms with Crippen molar-refractivity contribution in [3.8, 4) is 0 Å². The molecule has 8 heteroatoms. The number of hydrogen-bond acceptors (Lipinski definition) is 4. The molecule has 3 aromatic rings. The van der Waals surface area contributed by atoms with Gasteiger partial charge in [0.2, 0.25) is 5.91 Å². The molecule has 1 aliphatic rings. The van der Waals surface area contributed by atoms with Gasteiger partial charge in [-0.25, -0.2) is 13.8 Å². The molecule has 0 fully saturated rings. The SMILES string of the molecule is Cc1ccc(CSc2nc3c(c(=O)[nH]2)C(c2ccc(F)cc2F)CC(=O)N3)cc1. The second-order valence-corrected chi connectivity index (χ2v) is 7.84. The number of amides is 1. The predicted octanol–water partition coefficient (Wildman–Crippen LogP) is 4.12. The van der Waals surface area contributed by atoms with Crippen LogP contribution in [0, 0.1) is 18.6 Å². The van der Waals surface area contributed by atoms with E-state index in [4.69, 9.17) is 0 Å². The molecule has 2 N–H and O–H groups in total. The Morgan fingerprint density at radius 3 is 2.62 bits per heavy atom. The lowest BCUT2D eigenvalue weighted by Crippen LogP contribution is -2.31. The van der Waals surface area contributed by atoms with Gasteiger partial charge in [-0.1, -0.05) is 47.7 Å². The summed E-state index contributed by atoms with van der Waals surface area (Å²) in [6.45, 7) is 2.00. The second-order valence-electron chi connectivity index (χ2n) is 6.88. The van der Waals surface area contributed by atoms with Gasteiger partial charge < -0.3 is 10.3 Å². The first-order valence-corrected chi connectivity index (χ1v) is 9.96. The summed E-state index contributed by atoms with van der Waals surface area (Å²) in [7, 11) is 0. The predicted molar refractivity (Wildman–Crippen MR) is 107 cm³/mol. The Bertz CT molecular complexity index is 1150. The third-order valence-electron chi connectivity index (χ3n) is 4.76. The van der Waals surface area contributed by atoms with Gasteiger partial charge >= 0.3 is 0 Å². The molecule has 4 rings (SSSR count). The van der Waals surface area contributed by atoms with Gasteiger partial charge in [-0.15, -0.1) is 0 Å². The maximum Gasteiger partial charge on any atom is 0.257 e. The average Bonchev–Trinajstić information content (AvgIpc) is 2.66. The number of benzene rings is 2. The summed E-state index contributed by atoms with van der Waals surface area (Å²) >= 11 is 1.33. The number of aromatic nitrogens is 2. The van der Waals surface area contributed by atoms with E-state index < -0.39 is 23.1 Å². The lowest BCUT2D eigenvalue weighted by molar-refractivity contribution is -0.116. The molecule has 1 amide bonds. The van der Waals surface area contributed by atoms with Crippen LogP contribution < -0.4 is 10.9 Å². The fraction of sp³-hybridized carbons (Fsp3) is 0.190. The van der Waals surface area contributed by atoms with Crippen LogP contribution in [0.1, 0.15) is 34.6 Å². The Morgan fingerprint density at radius 1 is 1.14 bits per heavy atom. The van der Waals surface area contributed by atoms with Crippen molar-refractivity contribution in [3.63, 3.8) is 0 Å². The van der Waals surface area contributed by atoms with Gasteiger partial charge in [0.25, 0.3) is 5.56 Å². The first kappa shape index (κ1) is 19.3. The topological polar surface area (TPSA) is 74.8 Å². The zero-order valence-corrected chi connectivity index (χ0v) is 16.3. The minimum atomic E-state index is -0.827. The Balaban J connectivity index is 1.66. The van der Waals surface area contributed by atoms with Gasteiger partial charge in [-0.3, -0.25) is 9.59 Å². The van der Waals surface area contributed by atoms with E-state index in [0.29, 0.717) is 10.9 Å². The highest BCUT2D eigenvalue weighted by atomic mass is 32.2. The molecule has 5 nitrogen and oxygen atoms in total. The van der Waals surface area contributed by atoms with E-state index in [9.17, 15) is 18.4 Å². The molecule has 0 saturated heterocycles. The maximum absolute atomic E-state index is 14.3. The number of nitrogens with zero attached hydrogens (tertiary/aromatic N) is 1. The Labute approximate surface area is 169 Å². The van der Waals surface area contributed by atoms with E-state index >= 15 is 0 Å². The van der Waals surface area contributed by atoms with Crippen molar-refractivity contribution in [1.82, 2.24) is 9.97 Å². The van der Waals surface area contributed by atoms with Crippen LogP contribution in [0.4, 0.5) is 14.6 Å². The van der Waals surface area contributed by atoms with Gasteiger partial charge in [0, 0.05) is 24.2 Å². The maximum atomic E-state index is 14.3. The molecule has 1 aromatic heterocycles. The third-order valence-corrected chi connectivity index (χ3v) is 5.71. The minimum Gasteiger partial charge on any atom is -0.310 e. The van der Waals surface area contributed by atoms with Crippen molar-refractivity contribution >= 4 is 23.5 Å². The molecule has 0 saturated carbocycles. The van der Waals surface area contributed by atoms with Crippen LogP contribution in [-0.2, 0) is 10.5 Å². The molecular weight excluding hydrogens is 396 g/mol. The molecule has 1 atom stereocenters. The zero-order chi connectivity index (χ0) is 20.5. The molecule has 2 aromatic carbocycles. The van der Waals surface area contributed by atoms with Crippen LogP contribution in [0.3, 0.4) is 0 Å². The number of carbonyl (C=O) groups is 1. The lowest BCUT2D eigenvalue weighted by atomic mass is 9.86. The number of halogens is 2. The number of aromatic amines is 1. The second kappa shape index (κ2) is 7.79. The van der Waals surface area contributed by atoms with Gasteiger partial charge in [-0.05, 0) is 24.1 Å². The van der Waals surface area contributed by atoms with Gasteiger partial charge in [-0.2, -0.15) is 0 Å². The quantitative estimate of drug-likeness (QED) is 0.498. The number of fused-ring (bicyclic) bond motifs is 1. The van der Waals surface area contributed by atoms with E-state index in [1.54, 1.807) is 0 Å². The number of hydrogen-bond donors (Lipinski definition) is 2. The molecular formula is C21H17F2N3O2S. The summed E-state index contributed by atoms with van der Waals surface area (Å²) in [4.78, 5) is 32.0. The van der Waals surface area contributed by atoms with Crippen LogP contribution in [0.2, 0.25) is 0 Å². The summed E-state index contributed by atoms with van der Waals surface area (Å²) in [6, 6.07) is 11.1. The smallest absolute Gasteiger partial charge is 0.257 e. The molecule has 29 heavy (non-hydrogen) atoms. The van der Waals surface area contributed by atoms with Crippen LogP contribution >= 0.6 is 11.8 Å². The van der Waals surface area contributed by atoms with E-state index in [0.717, 1.165) is 23.3 Å². The summed E-state index contributed by atoms with van der Waals surface area (Å²) < 4.78 is 27.6. The number of thioether (sulfide) groups is 1. The highest BCUT2D eigenvalue weighted by Crippen LogP contribution is 2.36. The summed E-state index contributed by atoms with van der Waals surface area (Å²) in [5.74, 6) is -2.02. The fourth-order valence-electron chi connectivity index (χ4n) is 3.30. The third kappa shape index (κ3) is 4.07. The molecule has 0 spiro atoms. The molecule has 2 heterocycles.